The Morgan fingerprint density at radius 2 is 1.66 bits per heavy atom. The fourth-order valence-electron chi connectivity index (χ4n) is 5.19. The molecule has 0 bridgehead atoms. The Balaban J connectivity index is 0.00000294. The number of anilines is 3. The Kier molecular flexibility index (Phi) is 6.91. The first-order valence-electron chi connectivity index (χ1n) is 12.6. The topological polar surface area (TPSA) is 47.0 Å². The molecular formula is C32H29N3O2Pt. The van der Waals surface area contributed by atoms with Gasteiger partial charge >= 0.3 is 21.1 Å². The molecule has 5 nitrogen and oxygen atoms in total. The van der Waals surface area contributed by atoms with Crippen molar-refractivity contribution >= 4 is 23.1 Å². The number of rotatable bonds is 4. The van der Waals surface area contributed by atoms with E-state index in [2.05, 4.69) is 79.2 Å². The van der Waals surface area contributed by atoms with Crippen molar-refractivity contribution in [2.24, 2.45) is 4.99 Å². The molecule has 0 spiro atoms. The number of aryl methyl sites for hydroxylation is 2. The average Bonchev–Trinajstić information content (AvgIpc) is 3.30. The van der Waals surface area contributed by atoms with Crippen LogP contribution in [0.3, 0.4) is 0 Å². The van der Waals surface area contributed by atoms with Gasteiger partial charge in [0.25, 0.3) is 0 Å². The molecule has 6 heteroatoms. The van der Waals surface area contributed by atoms with Gasteiger partial charge in [-0.15, -0.1) is 29.8 Å². The van der Waals surface area contributed by atoms with E-state index < -0.39 is 0 Å². The largest absolute Gasteiger partial charge is 2.00 e. The number of hydrogen-bond donors (Lipinski definition) is 0. The first-order chi connectivity index (χ1) is 17.8. The number of benzene rings is 3. The second kappa shape index (κ2) is 10.0. The Morgan fingerprint density at radius 1 is 0.947 bits per heavy atom. The van der Waals surface area contributed by atoms with Crippen molar-refractivity contribution < 1.29 is 30.5 Å². The zero-order chi connectivity index (χ0) is 25.7. The van der Waals surface area contributed by atoms with Crippen LogP contribution < -0.4 is 9.64 Å². The summed E-state index contributed by atoms with van der Waals surface area (Å²) in [6.45, 7) is 11.2. The maximum atomic E-state index is 6.35. The van der Waals surface area contributed by atoms with Crippen LogP contribution in [-0.4, -0.2) is 23.5 Å². The minimum absolute atomic E-state index is 0. The van der Waals surface area contributed by atoms with Gasteiger partial charge in [-0.2, -0.15) is 5.56 Å². The van der Waals surface area contributed by atoms with Gasteiger partial charge in [-0.25, -0.2) is 4.98 Å². The summed E-state index contributed by atoms with van der Waals surface area (Å²) >= 11 is 0. The maximum Gasteiger partial charge on any atom is 2.00 e. The predicted molar refractivity (Wildman–Crippen MR) is 147 cm³/mol. The Hall–Kier alpha value is -3.43. The van der Waals surface area contributed by atoms with Gasteiger partial charge in [0, 0.05) is 34.4 Å². The van der Waals surface area contributed by atoms with Crippen LogP contribution in [0.15, 0.2) is 71.9 Å². The van der Waals surface area contributed by atoms with E-state index in [1.165, 1.54) is 11.1 Å². The van der Waals surface area contributed by atoms with E-state index in [0.29, 0.717) is 24.0 Å². The van der Waals surface area contributed by atoms with E-state index >= 15 is 0 Å². The molecule has 0 radical (unpaired) electrons. The molecule has 0 fully saturated rings. The number of fused-ring (bicyclic) bond motifs is 2. The molecule has 0 amide bonds. The second-order valence-electron chi connectivity index (χ2n) is 10.4. The minimum atomic E-state index is -0.171. The summed E-state index contributed by atoms with van der Waals surface area (Å²) in [6.07, 6.45) is 1.85. The molecule has 6 rings (SSSR count). The summed E-state index contributed by atoms with van der Waals surface area (Å²) in [6, 6.07) is 27.8. The van der Waals surface area contributed by atoms with Crippen molar-refractivity contribution in [1.29, 1.82) is 0 Å². The molecule has 0 aliphatic carbocycles. The standard InChI is InChI=1S/C32H29N3O2.Pt/c1-20-13-23(31-34-22(3)19-36-31)17-25(15-20)37-26-16-21(2)14-24(18-26)35-29-11-7-6-9-27(29)32(4,5)28-10-8-12-33-30(28)35;/h6-16,22H,19H2,1-5H3;/q-2;+2/t22-;/m1./s1. The number of aliphatic imine (C=N–C) groups is 1. The van der Waals surface area contributed by atoms with Crippen LogP contribution in [0.2, 0.25) is 0 Å². The van der Waals surface area contributed by atoms with Gasteiger partial charge < -0.3 is 14.4 Å². The molecule has 3 aromatic carbocycles. The van der Waals surface area contributed by atoms with Crippen molar-refractivity contribution in [2.75, 3.05) is 11.5 Å². The van der Waals surface area contributed by atoms with Crippen LogP contribution in [0.5, 0.6) is 11.5 Å². The maximum absolute atomic E-state index is 6.35. The summed E-state index contributed by atoms with van der Waals surface area (Å²) in [5.41, 5.74) is 7.14. The average molecular weight is 683 g/mol. The summed E-state index contributed by atoms with van der Waals surface area (Å²) in [5, 5.41) is 0. The van der Waals surface area contributed by atoms with Crippen molar-refractivity contribution in [2.45, 2.75) is 46.1 Å². The Labute approximate surface area is 238 Å². The Bertz CT molecular complexity index is 1500. The number of hydrogen-bond acceptors (Lipinski definition) is 5. The first kappa shape index (κ1) is 26.2. The number of ether oxygens (including phenoxy) is 2. The SMILES string of the molecule is Cc1cc(Oc2[c-]c(N3c4ccccc4C(C)(C)c4cccnc43)cc(C)c2)[c-]c(C2=N[C@H](C)CO2)c1.[Pt+2]. The van der Waals surface area contributed by atoms with Crippen LogP contribution in [0.1, 0.15) is 48.6 Å². The van der Waals surface area contributed by atoms with Crippen LogP contribution in [0, 0.1) is 26.0 Å². The van der Waals surface area contributed by atoms with Gasteiger partial charge in [0.15, 0.2) is 0 Å². The fourth-order valence-corrected chi connectivity index (χ4v) is 5.19. The van der Waals surface area contributed by atoms with Crippen molar-refractivity contribution in [1.82, 2.24) is 4.98 Å². The van der Waals surface area contributed by atoms with Gasteiger partial charge in [0.2, 0.25) is 0 Å². The zero-order valence-electron chi connectivity index (χ0n) is 22.1. The molecule has 3 heterocycles. The third-order valence-electron chi connectivity index (χ3n) is 6.94. The second-order valence-corrected chi connectivity index (χ2v) is 10.4. The monoisotopic (exact) mass is 682 g/mol. The first-order valence-corrected chi connectivity index (χ1v) is 12.6. The smallest absolute Gasteiger partial charge is 0.518 e. The fraction of sp³-hybridized carbons (Fsp3) is 0.250. The summed E-state index contributed by atoms with van der Waals surface area (Å²) < 4.78 is 12.1. The van der Waals surface area contributed by atoms with Gasteiger partial charge in [0.1, 0.15) is 11.7 Å². The van der Waals surface area contributed by atoms with E-state index in [4.69, 9.17) is 14.5 Å². The molecule has 0 saturated carbocycles. The van der Waals surface area contributed by atoms with Gasteiger partial charge in [-0.3, -0.25) is 4.99 Å². The molecule has 194 valence electrons. The van der Waals surface area contributed by atoms with Crippen molar-refractivity contribution in [3.63, 3.8) is 0 Å². The van der Waals surface area contributed by atoms with Crippen LogP contribution >= 0.6 is 0 Å². The van der Waals surface area contributed by atoms with Gasteiger partial charge in [-0.05, 0) is 24.6 Å². The van der Waals surface area contributed by atoms with E-state index in [-0.39, 0.29) is 32.5 Å². The molecular weight excluding hydrogens is 653 g/mol. The zero-order valence-corrected chi connectivity index (χ0v) is 24.4. The van der Waals surface area contributed by atoms with E-state index in [1.807, 2.05) is 44.3 Å². The van der Waals surface area contributed by atoms with Crippen LogP contribution in [0.4, 0.5) is 17.2 Å². The molecule has 2 aliphatic rings. The third-order valence-corrected chi connectivity index (χ3v) is 6.94. The quantitative estimate of drug-likeness (QED) is 0.211. The third kappa shape index (κ3) is 4.65. The van der Waals surface area contributed by atoms with Gasteiger partial charge in [-0.1, -0.05) is 75.3 Å². The molecule has 2 aliphatic heterocycles. The Morgan fingerprint density at radius 3 is 2.42 bits per heavy atom. The van der Waals surface area contributed by atoms with E-state index in [9.17, 15) is 0 Å². The molecule has 0 saturated heterocycles. The predicted octanol–water partition coefficient (Wildman–Crippen LogP) is 7.36. The van der Waals surface area contributed by atoms with Crippen molar-refractivity contribution in [3.05, 3.63) is 107 Å². The van der Waals surface area contributed by atoms with Crippen LogP contribution in [-0.2, 0) is 31.2 Å². The molecule has 0 N–H and O–H groups in total. The number of aromatic nitrogens is 1. The minimum Gasteiger partial charge on any atom is -0.518 e. The van der Waals surface area contributed by atoms with Crippen LogP contribution in [0.25, 0.3) is 0 Å². The molecule has 1 atom stereocenters. The number of nitrogens with zero attached hydrogens (tertiary/aromatic N) is 3. The summed E-state index contributed by atoms with van der Waals surface area (Å²) in [5.74, 6) is 2.75. The van der Waals surface area contributed by atoms with E-state index in [0.717, 1.165) is 33.9 Å². The van der Waals surface area contributed by atoms with Crippen molar-refractivity contribution in [3.8, 4) is 11.5 Å². The molecule has 38 heavy (non-hydrogen) atoms. The molecule has 4 aromatic rings. The summed E-state index contributed by atoms with van der Waals surface area (Å²) in [7, 11) is 0. The number of para-hydroxylation sites is 1. The molecule has 0 unspecified atom stereocenters. The normalized spacial score (nSPS) is 17.0. The number of pyridine rings is 1. The van der Waals surface area contributed by atoms with E-state index in [1.54, 1.807) is 0 Å². The summed E-state index contributed by atoms with van der Waals surface area (Å²) in [4.78, 5) is 11.6. The molecule has 1 aromatic heterocycles. The van der Waals surface area contributed by atoms with Gasteiger partial charge in [0.05, 0.1) is 12.6 Å².